The van der Waals surface area contributed by atoms with Crippen LogP contribution in [-0.4, -0.2) is 17.7 Å². The van der Waals surface area contributed by atoms with Gasteiger partial charge in [-0.3, -0.25) is 0 Å². The van der Waals surface area contributed by atoms with Crippen LogP contribution in [0.25, 0.3) is 0 Å². The van der Waals surface area contributed by atoms with E-state index < -0.39 is 0 Å². The molecule has 100 valence electrons. The number of hydrogen-bond acceptors (Lipinski definition) is 3. The molecule has 5 rings (SSSR count). The molecule has 0 saturated heterocycles. The first-order chi connectivity index (χ1) is 9.16. The van der Waals surface area contributed by atoms with E-state index in [1.807, 2.05) is 6.92 Å². The fourth-order valence-electron chi connectivity index (χ4n) is 6.60. The summed E-state index contributed by atoms with van der Waals surface area (Å²) in [6.45, 7) is 6.51. The highest BCUT2D eigenvalue weighted by Crippen LogP contribution is 2.82. The minimum absolute atomic E-state index is 0.190. The van der Waals surface area contributed by atoms with Gasteiger partial charge in [-0.2, -0.15) is 0 Å². The van der Waals surface area contributed by atoms with Crippen LogP contribution in [0, 0.1) is 47.3 Å². The van der Waals surface area contributed by atoms with Crippen LogP contribution in [0.3, 0.4) is 0 Å². The van der Waals surface area contributed by atoms with Crippen molar-refractivity contribution in [2.24, 2.45) is 47.3 Å². The molecule has 0 aliphatic heterocycles. The summed E-state index contributed by atoms with van der Waals surface area (Å²) in [6, 6.07) is 0. The maximum atomic E-state index is 12.2. The van der Waals surface area contributed by atoms with Gasteiger partial charge in [-0.05, 0) is 48.9 Å². The molecule has 5 aliphatic carbocycles. The molecule has 8 atom stereocenters. The van der Waals surface area contributed by atoms with Gasteiger partial charge in [-0.25, -0.2) is 4.79 Å². The summed E-state index contributed by atoms with van der Waals surface area (Å²) < 4.78 is 5.19. The predicted molar refractivity (Wildman–Crippen MR) is 68.0 cm³/mol. The number of ether oxygens (including phenoxy) is 1. The van der Waals surface area contributed by atoms with Crippen LogP contribution in [-0.2, 0) is 9.53 Å². The summed E-state index contributed by atoms with van der Waals surface area (Å²) in [6.07, 6.45) is 1.24. The van der Waals surface area contributed by atoms with Crippen LogP contribution >= 0.6 is 0 Å². The summed E-state index contributed by atoms with van der Waals surface area (Å²) in [5, 5.41) is 10.6. The predicted octanol–water partition coefficient (Wildman–Crippen LogP) is 2.31. The SMILES string of the molecule is C=C1C2C3CC4C2C(C(=O)OCC)=C(O)C2C1C3C42. The second kappa shape index (κ2) is 2.92. The van der Waals surface area contributed by atoms with E-state index in [1.54, 1.807) is 0 Å². The van der Waals surface area contributed by atoms with Crippen LogP contribution in [0.4, 0.5) is 0 Å². The minimum atomic E-state index is -0.280. The van der Waals surface area contributed by atoms with Crippen molar-refractivity contribution >= 4 is 5.97 Å². The first-order valence-electron chi connectivity index (χ1n) is 7.45. The molecule has 0 radical (unpaired) electrons. The van der Waals surface area contributed by atoms with E-state index in [2.05, 4.69) is 6.58 Å². The Kier molecular flexibility index (Phi) is 1.62. The number of aliphatic hydroxyl groups is 1. The monoisotopic (exact) mass is 258 g/mol. The number of carbonyl (C=O) groups is 1. The molecule has 2 bridgehead atoms. The summed E-state index contributed by atoms with van der Waals surface area (Å²) in [5.41, 5.74) is 1.94. The Morgan fingerprint density at radius 1 is 1.26 bits per heavy atom. The molecule has 3 nitrogen and oxygen atoms in total. The van der Waals surface area contributed by atoms with Gasteiger partial charge in [-0.1, -0.05) is 12.2 Å². The molecule has 8 unspecified atom stereocenters. The fourth-order valence-corrected chi connectivity index (χ4v) is 6.60. The highest BCUT2D eigenvalue weighted by atomic mass is 16.5. The van der Waals surface area contributed by atoms with Gasteiger partial charge < -0.3 is 9.84 Å². The number of esters is 1. The number of hydrogen-bond donors (Lipinski definition) is 1. The molecule has 1 N–H and O–H groups in total. The quantitative estimate of drug-likeness (QED) is 0.610. The average molecular weight is 258 g/mol. The Balaban J connectivity index is 1.70. The van der Waals surface area contributed by atoms with Crippen molar-refractivity contribution in [3.8, 4) is 0 Å². The molecule has 0 aromatic heterocycles. The molecular weight excluding hydrogens is 240 g/mol. The zero-order chi connectivity index (χ0) is 13.0. The third-order valence-electron chi connectivity index (χ3n) is 6.78. The highest BCUT2D eigenvalue weighted by molar-refractivity contribution is 5.91. The van der Waals surface area contributed by atoms with Gasteiger partial charge in [-0.15, -0.1) is 0 Å². The summed E-state index contributed by atoms with van der Waals surface area (Å²) in [5.74, 6) is 4.14. The number of fused-ring (bicyclic) bond motifs is 2. The number of allylic oxidation sites excluding steroid dienone is 2. The molecule has 0 aromatic rings. The third kappa shape index (κ3) is 0.843. The highest BCUT2D eigenvalue weighted by Gasteiger charge is 2.78. The minimum Gasteiger partial charge on any atom is -0.511 e. The van der Waals surface area contributed by atoms with Gasteiger partial charge in [0.1, 0.15) is 5.76 Å². The van der Waals surface area contributed by atoms with E-state index in [4.69, 9.17) is 4.74 Å². The lowest BCUT2D eigenvalue weighted by molar-refractivity contribution is -0.141. The van der Waals surface area contributed by atoms with Crippen molar-refractivity contribution in [1.82, 2.24) is 0 Å². The molecule has 19 heavy (non-hydrogen) atoms. The molecule has 0 aromatic carbocycles. The molecule has 0 amide bonds. The zero-order valence-corrected chi connectivity index (χ0v) is 11.0. The van der Waals surface area contributed by atoms with Gasteiger partial charge in [0.15, 0.2) is 0 Å². The average Bonchev–Trinajstić information content (AvgIpc) is 2.81. The van der Waals surface area contributed by atoms with E-state index >= 15 is 0 Å². The second-order valence-corrected chi connectivity index (χ2v) is 6.92. The zero-order valence-electron chi connectivity index (χ0n) is 11.0. The summed E-state index contributed by atoms with van der Waals surface area (Å²) >= 11 is 0. The maximum Gasteiger partial charge on any atom is 0.337 e. The van der Waals surface area contributed by atoms with Gasteiger partial charge in [0.05, 0.1) is 12.2 Å². The maximum absolute atomic E-state index is 12.2. The van der Waals surface area contributed by atoms with E-state index in [9.17, 15) is 9.90 Å². The van der Waals surface area contributed by atoms with Crippen LogP contribution < -0.4 is 0 Å². The fraction of sp³-hybridized carbons (Fsp3) is 0.688. The lowest BCUT2D eigenvalue weighted by Gasteiger charge is -2.53. The lowest BCUT2D eigenvalue weighted by atomic mass is 9.50. The number of carbonyl (C=O) groups excluding carboxylic acids is 1. The van der Waals surface area contributed by atoms with Crippen LogP contribution in [0.5, 0.6) is 0 Å². The van der Waals surface area contributed by atoms with Crippen molar-refractivity contribution in [2.45, 2.75) is 13.3 Å². The van der Waals surface area contributed by atoms with Crippen LogP contribution in [0.2, 0.25) is 0 Å². The normalized spacial score (nSPS) is 54.9. The van der Waals surface area contributed by atoms with Gasteiger partial charge in [0, 0.05) is 11.8 Å². The molecule has 5 aliphatic rings. The Morgan fingerprint density at radius 3 is 2.68 bits per heavy atom. The number of aliphatic hydroxyl groups excluding tert-OH is 1. The first kappa shape index (κ1) is 10.5. The van der Waals surface area contributed by atoms with Crippen LogP contribution in [0.1, 0.15) is 13.3 Å². The molecule has 4 saturated carbocycles. The van der Waals surface area contributed by atoms with E-state index in [-0.39, 0.29) is 17.8 Å². The van der Waals surface area contributed by atoms with E-state index in [0.717, 1.165) is 11.8 Å². The second-order valence-electron chi connectivity index (χ2n) is 6.92. The van der Waals surface area contributed by atoms with Crippen molar-refractivity contribution in [1.29, 1.82) is 0 Å². The molecule has 3 heteroatoms. The summed E-state index contributed by atoms with van der Waals surface area (Å²) in [4.78, 5) is 12.2. The smallest absolute Gasteiger partial charge is 0.337 e. The standard InChI is InChI=1S/C16H18O3/c1-3-19-16(18)14-10-7-4-6-8(10)5(2)9-11(6)12(7)13(9)15(14)17/h6-13,17H,2-4H2,1H3. The van der Waals surface area contributed by atoms with Crippen molar-refractivity contribution in [3.05, 3.63) is 23.5 Å². The Labute approximate surface area is 112 Å². The third-order valence-corrected chi connectivity index (χ3v) is 6.78. The number of rotatable bonds is 2. The lowest BCUT2D eigenvalue weighted by Crippen LogP contribution is -2.52. The van der Waals surface area contributed by atoms with Crippen molar-refractivity contribution < 1.29 is 14.6 Å². The van der Waals surface area contributed by atoms with Crippen molar-refractivity contribution in [3.63, 3.8) is 0 Å². The molecule has 0 heterocycles. The largest absolute Gasteiger partial charge is 0.511 e. The Bertz CT molecular complexity index is 560. The topological polar surface area (TPSA) is 46.5 Å². The molecule has 4 fully saturated rings. The van der Waals surface area contributed by atoms with Gasteiger partial charge >= 0.3 is 5.97 Å². The van der Waals surface area contributed by atoms with E-state index in [0.29, 0.717) is 41.6 Å². The Hall–Kier alpha value is -1.25. The Morgan fingerprint density at radius 2 is 1.95 bits per heavy atom. The van der Waals surface area contributed by atoms with E-state index in [1.165, 1.54) is 12.0 Å². The summed E-state index contributed by atoms with van der Waals surface area (Å²) in [7, 11) is 0. The van der Waals surface area contributed by atoms with Crippen LogP contribution in [0.15, 0.2) is 23.5 Å². The van der Waals surface area contributed by atoms with Crippen molar-refractivity contribution in [2.75, 3.05) is 6.61 Å². The molecular formula is C16H18O3. The first-order valence-corrected chi connectivity index (χ1v) is 7.45. The molecule has 0 spiro atoms. The van der Waals surface area contributed by atoms with Gasteiger partial charge in [0.2, 0.25) is 0 Å². The van der Waals surface area contributed by atoms with Gasteiger partial charge in [0.25, 0.3) is 0 Å².